The van der Waals surface area contributed by atoms with Gasteiger partial charge in [-0.25, -0.2) is 0 Å². The van der Waals surface area contributed by atoms with Gasteiger partial charge in [-0.1, -0.05) is 0 Å². The van der Waals surface area contributed by atoms with Crippen molar-refractivity contribution in [1.82, 2.24) is 19.9 Å². The van der Waals surface area contributed by atoms with Gasteiger partial charge in [0.15, 0.2) is 0 Å². The lowest BCUT2D eigenvalue weighted by atomic mass is 10.3. The number of aromatic nitrogens is 4. The van der Waals surface area contributed by atoms with E-state index in [9.17, 15) is 0 Å². The van der Waals surface area contributed by atoms with Gasteiger partial charge < -0.3 is 15.2 Å². The summed E-state index contributed by atoms with van der Waals surface area (Å²) in [4.78, 5) is 6.11. The van der Waals surface area contributed by atoms with Crippen LogP contribution in [0.2, 0.25) is 0 Å². The Morgan fingerprint density at radius 3 is 2.88 bits per heavy atom. The van der Waals surface area contributed by atoms with Crippen molar-refractivity contribution in [3.63, 3.8) is 0 Å². The van der Waals surface area contributed by atoms with Crippen LogP contribution in [0.25, 0.3) is 11.5 Å². The Hall–Kier alpha value is -2.05. The molecule has 0 aliphatic rings. The molecular weight excluding hydrogens is 208 g/mol. The summed E-state index contributed by atoms with van der Waals surface area (Å²) in [5.41, 5.74) is 6.47. The molecule has 86 valence electrons. The first kappa shape index (κ1) is 10.5. The molecule has 7 nitrogen and oxygen atoms in total. The van der Waals surface area contributed by atoms with E-state index in [1.165, 1.54) is 0 Å². The Labute approximate surface area is 92.8 Å². The molecule has 0 aliphatic heterocycles. The van der Waals surface area contributed by atoms with Gasteiger partial charge in [-0.3, -0.25) is 4.68 Å². The first-order valence-corrected chi connectivity index (χ1v) is 4.96. The SMILES string of the molecule is CCN(C)c1noc(-c2cnn(C)c2N)n1. The summed E-state index contributed by atoms with van der Waals surface area (Å²) >= 11 is 0. The van der Waals surface area contributed by atoms with Gasteiger partial charge in [0.1, 0.15) is 11.4 Å². The number of rotatable bonds is 3. The number of hydrogen-bond acceptors (Lipinski definition) is 6. The van der Waals surface area contributed by atoms with Gasteiger partial charge in [0.25, 0.3) is 11.8 Å². The molecule has 0 saturated carbocycles. The van der Waals surface area contributed by atoms with Crippen molar-refractivity contribution in [2.24, 2.45) is 7.05 Å². The zero-order valence-electron chi connectivity index (χ0n) is 9.51. The van der Waals surface area contributed by atoms with Gasteiger partial charge in [-0.05, 0) is 12.1 Å². The van der Waals surface area contributed by atoms with Crippen LogP contribution in [0.5, 0.6) is 0 Å². The minimum atomic E-state index is 0.390. The lowest BCUT2D eigenvalue weighted by Crippen LogP contribution is -2.16. The number of nitrogen functional groups attached to an aromatic ring is 1. The predicted molar refractivity (Wildman–Crippen MR) is 59.9 cm³/mol. The minimum Gasteiger partial charge on any atom is -0.383 e. The number of nitrogens with zero attached hydrogens (tertiary/aromatic N) is 5. The molecule has 0 amide bonds. The molecule has 7 heteroatoms. The third-order valence-corrected chi connectivity index (χ3v) is 2.45. The number of aryl methyl sites for hydroxylation is 1. The molecule has 2 aromatic heterocycles. The Morgan fingerprint density at radius 2 is 2.31 bits per heavy atom. The standard InChI is InChI=1S/C9H14N6O/c1-4-14(2)9-12-8(16-13-9)6-5-11-15(3)7(6)10/h5H,4,10H2,1-3H3. The summed E-state index contributed by atoms with van der Waals surface area (Å²) in [6.45, 7) is 2.82. The Morgan fingerprint density at radius 1 is 1.56 bits per heavy atom. The van der Waals surface area contributed by atoms with E-state index in [2.05, 4.69) is 15.2 Å². The topological polar surface area (TPSA) is 86.0 Å². The lowest BCUT2D eigenvalue weighted by molar-refractivity contribution is 0.430. The normalized spacial score (nSPS) is 10.7. The van der Waals surface area contributed by atoms with Gasteiger partial charge in [-0.2, -0.15) is 10.1 Å². The number of nitrogens with two attached hydrogens (primary N) is 1. The van der Waals surface area contributed by atoms with Crippen molar-refractivity contribution in [1.29, 1.82) is 0 Å². The van der Waals surface area contributed by atoms with E-state index in [4.69, 9.17) is 10.3 Å². The van der Waals surface area contributed by atoms with E-state index in [0.29, 0.717) is 23.2 Å². The van der Waals surface area contributed by atoms with Gasteiger partial charge in [0, 0.05) is 20.6 Å². The van der Waals surface area contributed by atoms with E-state index >= 15 is 0 Å². The monoisotopic (exact) mass is 222 g/mol. The molecule has 0 aromatic carbocycles. The molecule has 0 atom stereocenters. The third kappa shape index (κ3) is 1.60. The molecule has 0 spiro atoms. The summed E-state index contributed by atoms with van der Waals surface area (Å²) in [7, 11) is 3.65. The van der Waals surface area contributed by atoms with Crippen LogP contribution in [0.15, 0.2) is 10.7 Å². The summed E-state index contributed by atoms with van der Waals surface area (Å²) in [6.07, 6.45) is 1.61. The molecule has 0 radical (unpaired) electrons. The second-order valence-corrected chi connectivity index (χ2v) is 3.48. The molecule has 0 aliphatic carbocycles. The zero-order chi connectivity index (χ0) is 11.7. The number of hydrogen-bond donors (Lipinski definition) is 1. The van der Waals surface area contributed by atoms with Crippen LogP contribution in [0.4, 0.5) is 11.8 Å². The first-order valence-electron chi connectivity index (χ1n) is 4.96. The van der Waals surface area contributed by atoms with Gasteiger partial charge in [0.2, 0.25) is 0 Å². The second kappa shape index (κ2) is 3.84. The quantitative estimate of drug-likeness (QED) is 0.814. The van der Waals surface area contributed by atoms with Gasteiger partial charge in [0.05, 0.1) is 6.20 Å². The van der Waals surface area contributed by atoms with Crippen LogP contribution in [-0.4, -0.2) is 33.5 Å². The average Bonchev–Trinajstić information content (AvgIpc) is 2.87. The Kier molecular flexibility index (Phi) is 2.51. The van der Waals surface area contributed by atoms with E-state index in [1.807, 2.05) is 18.9 Å². The van der Waals surface area contributed by atoms with Crippen LogP contribution in [0.3, 0.4) is 0 Å². The maximum Gasteiger partial charge on any atom is 0.266 e. The predicted octanol–water partition coefficient (Wildman–Crippen LogP) is 0.508. The Balaban J connectivity index is 2.35. The van der Waals surface area contributed by atoms with Crippen LogP contribution >= 0.6 is 0 Å². The summed E-state index contributed by atoms with van der Waals surface area (Å²) in [6, 6.07) is 0. The number of anilines is 2. The maximum atomic E-state index is 5.81. The van der Waals surface area contributed by atoms with Crippen LogP contribution in [0, 0.1) is 0 Å². The fraction of sp³-hybridized carbons (Fsp3) is 0.444. The summed E-state index contributed by atoms with van der Waals surface area (Å²) in [5, 5.41) is 7.88. The van der Waals surface area contributed by atoms with Crippen molar-refractivity contribution in [3.05, 3.63) is 6.20 Å². The fourth-order valence-corrected chi connectivity index (χ4v) is 1.23. The molecule has 0 fully saturated rings. The molecule has 2 aromatic rings. The molecule has 16 heavy (non-hydrogen) atoms. The van der Waals surface area contributed by atoms with Crippen molar-refractivity contribution in [3.8, 4) is 11.5 Å². The van der Waals surface area contributed by atoms with Gasteiger partial charge >= 0.3 is 0 Å². The fourth-order valence-electron chi connectivity index (χ4n) is 1.23. The highest BCUT2D eigenvalue weighted by molar-refractivity contribution is 5.66. The zero-order valence-corrected chi connectivity index (χ0v) is 9.51. The summed E-state index contributed by atoms with van der Waals surface area (Å²) < 4.78 is 6.69. The van der Waals surface area contributed by atoms with Crippen molar-refractivity contribution >= 4 is 11.8 Å². The maximum absolute atomic E-state index is 5.81. The van der Waals surface area contributed by atoms with Crippen molar-refractivity contribution < 1.29 is 4.52 Å². The highest BCUT2D eigenvalue weighted by Crippen LogP contribution is 2.24. The van der Waals surface area contributed by atoms with Gasteiger partial charge in [-0.15, -0.1) is 0 Å². The lowest BCUT2D eigenvalue weighted by Gasteiger charge is -2.08. The summed E-state index contributed by atoms with van der Waals surface area (Å²) in [5.74, 6) is 1.44. The smallest absolute Gasteiger partial charge is 0.266 e. The van der Waals surface area contributed by atoms with E-state index in [-0.39, 0.29) is 0 Å². The molecule has 2 heterocycles. The van der Waals surface area contributed by atoms with Crippen LogP contribution in [0.1, 0.15) is 6.92 Å². The molecule has 0 bridgehead atoms. The first-order chi connectivity index (χ1) is 7.63. The largest absolute Gasteiger partial charge is 0.383 e. The van der Waals surface area contributed by atoms with E-state index in [0.717, 1.165) is 6.54 Å². The van der Waals surface area contributed by atoms with Crippen LogP contribution < -0.4 is 10.6 Å². The molecular formula is C9H14N6O. The van der Waals surface area contributed by atoms with Crippen LogP contribution in [-0.2, 0) is 7.05 Å². The second-order valence-electron chi connectivity index (χ2n) is 3.48. The van der Waals surface area contributed by atoms with Crippen molar-refractivity contribution in [2.75, 3.05) is 24.2 Å². The van der Waals surface area contributed by atoms with E-state index in [1.54, 1.807) is 17.9 Å². The highest BCUT2D eigenvalue weighted by Gasteiger charge is 2.16. The highest BCUT2D eigenvalue weighted by atomic mass is 16.5. The molecule has 0 saturated heterocycles. The Bertz CT molecular complexity index is 488. The molecule has 2 N–H and O–H groups in total. The third-order valence-electron chi connectivity index (χ3n) is 2.45. The molecule has 0 unspecified atom stereocenters. The minimum absolute atomic E-state index is 0.390. The average molecular weight is 222 g/mol. The van der Waals surface area contributed by atoms with E-state index < -0.39 is 0 Å². The van der Waals surface area contributed by atoms with Crippen molar-refractivity contribution in [2.45, 2.75) is 6.92 Å². The molecule has 2 rings (SSSR count).